The number of piperazine rings is 1. The summed E-state index contributed by atoms with van der Waals surface area (Å²) in [5.74, 6) is 1.02. The number of ether oxygens (including phenoxy) is 2. The number of esters is 1. The van der Waals surface area contributed by atoms with Crippen molar-refractivity contribution in [1.29, 1.82) is 0 Å². The lowest BCUT2D eigenvalue weighted by Crippen LogP contribution is -2.46. The third kappa shape index (κ3) is 6.72. The number of hydrogen-bond donors (Lipinski definition) is 1. The van der Waals surface area contributed by atoms with E-state index in [1.165, 1.54) is 20.5 Å². The average molecular weight is 577 g/mol. The minimum absolute atomic E-state index is 0.0706. The van der Waals surface area contributed by atoms with E-state index in [-0.39, 0.29) is 5.97 Å². The molecule has 2 aliphatic heterocycles. The lowest BCUT2D eigenvalue weighted by molar-refractivity contribution is -0.143. The largest absolute Gasteiger partial charge is 0.466 e. The lowest BCUT2D eigenvalue weighted by Gasteiger charge is -2.35. The fraction of sp³-hybridized carbons (Fsp3) is 0.516. The highest BCUT2D eigenvalue weighted by Gasteiger charge is 2.22. The van der Waals surface area contributed by atoms with Crippen molar-refractivity contribution in [3.63, 3.8) is 0 Å². The molecule has 218 valence electrons. The van der Waals surface area contributed by atoms with Gasteiger partial charge >= 0.3 is 5.97 Å². The first-order valence-electron chi connectivity index (χ1n) is 15.0. The van der Waals surface area contributed by atoms with E-state index in [0.29, 0.717) is 13.0 Å². The Bertz CT molecular complexity index is 1450. The van der Waals surface area contributed by atoms with Crippen LogP contribution in [0.1, 0.15) is 38.3 Å². The maximum atomic E-state index is 11.5. The predicted octanol–water partition coefficient (Wildman–Crippen LogP) is 4.92. The average Bonchev–Trinajstić information content (AvgIpc) is 3.65. The van der Waals surface area contributed by atoms with Gasteiger partial charge in [-0.2, -0.15) is 5.10 Å². The number of thiophene rings is 1. The molecule has 3 aromatic heterocycles. The zero-order chi connectivity index (χ0) is 28.0. The first kappa shape index (κ1) is 28.1. The third-order valence-electron chi connectivity index (χ3n) is 8.12. The second-order valence-electron chi connectivity index (χ2n) is 10.9. The monoisotopic (exact) mass is 576 g/mol. The Morgan fingerprint density at radius 3 is 2.68 bits per heavy atom. The van der Waals surface area contributed by atoms with Gasteiger partial charge in [0.25, 0.3) is 0 Å². The molecule has 2 fully saturated rings. The van der Waals surface area contributed by atoms with Crippen LogP contribution in [0.25, 0.3) is 31.4 Å². The van der Waals surface area contributed by atoms with Crippen molar-refractivity contribution < 1.29 is 14.3 Å². The summed E-state index contributed by atoms with van der Waals surface area (Å²) in [5, 5.41) is 9.75. The van der Waals surface area contributed by atoms with Crippen LogP contribution in [0.4, 0.5) is 5.82 Å². The predicted molar refractivity (Wildman–Crippen MR) is 165 cm³/mol. The van der Waals surface area contributed by atoms with E-state index in [4.69, 9.17) is 14.5 Å². The number of hydrogen-bond acceptors (Lipinski definition) is 9. The summed E-state index contributed by atoms with van der Waals surface area (Å²) in [6, 6.07) is 11.0. The molecule has 0 aliphatic carbocycles. The quantitative estimate of drug-likeness (QED) is 0.199. The number of aromatic nitrogens is 3. The summed E-state index contributed by atoms with van der Waals surface area (Å²) in [6.45, 7) is 11.8. The zero-order valence-corrected chi connectivity index (χ0v) is 24.8. The molecule has 2 saturated heterocycles. The van der Waals surface area contributed by atoms with Gasteiger partial charge in [0.2, 0.25) is 0 Å². The molecule has 0 bridgehead atoms. The van der Waals surface area contributed by atoms with Crippen LogP contribution in [0.15, 0.2) is 36.5 Å². The molecular formula is C31H40N6O3S. The van der Waals surface area contributed by atoms with Gasteiger partial charge in [0, 0.05) is 78.1 Å². The second kappa shape index (κ2) is 13.3. The number of fused-ring (bicyclic) bond motifs is 2. The number of aromatic amines is 1. The van der Waals surface area contributed by atoms with Crippen LogP contribution < -0.4 is 4.90 Å². The zero-order valence-electron chi connectivity index (χ0n) is 23.9. The number of pyridine rings is 1. The minimum Gasteiger partial charge on any atom is -0.466 e. The van der Waals surface area contributed by atoms with Crippen molar-refractivity contribution in [2.24, 2.45) is 0 Å². The standard InChI is InChI=1S/C31H40N6O3S/c1-2-40-30(38)9-4-3-5-10-35-11-13-36(14-12-35)22-23-19-28-25(31(33-23)37-15-17-39-18-16-37)20-29(41-28)24-7-6-8-27-26(24)21-32-34-27/h6-8,19-21H,2-5,9-18,22H2,1H3,(H,32,34). The fourth-order valence-electron chi connectivity index (χ4n) is 5.89. The van der Waals surface area contributed by atoms with Crippen molar-refractivity contribution in [3.8, 4) is 10.4 Å². The second-order valence-corrected chi connectivity index (χ2v) is 12.0. The molecule has 0 amide bonds. The van der Waals surface area contributed by atoms with Gasteiger partial charge in [0.15, 0.2) is 0 Å². The Hall–Kier alpha value is -3.05. The molecule has 10 heteroatoms. The topological polar surface area (TPSA) is 86.8 Å². The Morgan fingerprint density at radius 1 is 1.02 bits per heavy atom. The lowest BCUT2D eigenvalue weighted by atomic mass is 10.1. The van der Waals surface area contributed by atoms with Gasteiger partial charge in [-0.25, -0.2) is 4.98 Å². The van der Waals surface area contributed by atoms with Gasteiger partial charge in [-0.15, -0.1) is 11.3 Å². The van der Waals surface area contributed by atoms with Crippen LogP contribution in [0.5, 0.6) is 0 Å². The first-order chi connectivity index (χ1) is 20.2. The van der Waals surface area contributed by atoms with Crippen LogP contribution in [-0.2, 0) is 20.8 Å². The number of nitrogens with zero attached hydrogens (tertiary/aromatic N) is 5. The van der Waals surface area contributed by atoms with Gasteiger partial charge in [-0.05, 0) is 44.5 Å². The number of benzene rings is 1. The molecule has 0 radical (unpaired) electrons. The number of morpholine rings is 1. The molecule has 1 N–H and O–H groups in total. The third-order valence-corrected chi connectivity index (χ3v) is 9.24. The van der Waals surface area contributed by atoms with E-state index in [9.17, 15) is 4.79 Å². The van der Waals surface area contributed by atoms with Crippen molar-refractivity contribution in [2.45, 2.75) is 39.2 Å². The number of rotatable bonds is 11. The van der Waals surface area contributed by atoms with E-state index < -0.39 is 0 Å². The number of carbonyl (C=O) groups excluding carboxylic acids is 1. The number of H-pyrrole nitrogens is 1. The van der Waals surface area contributed by atoms with E-state index in [2.05, 4.69) is 55.2 Å². The molecule has 4 aromatic rings. The highest BCUT2D eigenvalue weighted by molar-refractivity contribution is 7.22. The van der Waals surface area contributed by atoms with Gasteiger partial charge in [-0.1, -0.05) is 18.6 Å². The molecule has 0 unspecified atom stereocenters. The summed E-state index contributed by atoms with van der Waals surface area (Å²) in [6.07, 6.45) is 5.58. The molecule has 5 heterocycles. The molecule has 0 saturated carbocycles. The molecule has 2 aliphatic rings. The van der Waals surface area contributed by atoms with E-state index in [1.807, 2.05) is 24.5 Å². The highest BCUT2D eigenvalue weighted by atomic mass is 32.1. The maximum absolute atomic E-state index is 11.5. The molecule has 41 heavy (non-hydrogen) atoms. The van der Waals surface area contributed by atoms with Gasteiger partial charge in [-0.3, -0.25) is 14.8 Å². The number of carbonyl (C=O) groups is 1. The van der Waals surface area contributed by atoms with E-state index in [1.54, 1.807) is 0 Å². The first-order valence-corrected chi connectivity index (χ1v) is 15.8. The number of unbranched alkanes of at least 4 members (excludes halogenated alkanes) is 2. The van der Waals surface area contributed by atoms with Crippen LogP contribution in [0, 0.1) is 0 Å². The summed E-state index contributed by atoms with van der Waals surface area (Å²) in [4.78, 5) is 25.5. The summed E-state index contributed by atoms with van der Waals surface area (Å²) in [7, 11) is 0. The SMILES string of the molecule is CCOC(=O)CCCCCN1CCN(Cc2cc3sc(-c4cccc5[nH]ncc45)cc3c(N3CCOCC3)n2)CC1. The Kier molecular flexibility index (Phi) is 9.10. The van der Waals surface area contributed by atoms with Crippen molar-refractivity contribution >= 4 is 44.1 Å². The van der Waals surface area contributed by atoms with Crippen molar-refractivity contribution in [2.75, 3.05) is 70.5 Å². The van der Waals surface area contributed by atoms with Crippen molar-refractivity contribution in [1.82, 2.24) is 25.0 Å². The number of nitrogens with one attached hydrogen (secondary N) is 1. The van der Waals surface area contributed by atoms with Crippen LogP contribution in [0.2, 0.25) is 0 Å². The molecule has 6 rings (SSSR count). The van der Waals surface area contributed by atoms with Gasteiger partial charge in [0.05, 0.1) is 37.2 Å². The fourth-order valence-corrected chi connectivity index (χ4v) is 7.05. The van der Waals surface area contributed by atoms with E-state index >= 15 is 0 Å². The maximum Gasteiger partial charge on any atom is 0.305 e. The van der Waals surface area contributed by atoms with E-state index in [0.717, 1.165) is 107 Å². The Balaban J connectivity index is 1.12. The number of anilines is 1. The molecule has 9 nitrogen and oxygen atoms in total. The molecule has 0 spiro atoms. The highest BCUT2D eigenvalue weighted by Crippen LogP contribution is 2.40. The normalized spacial score (nSPS) is 17.0. The molecule has 1 aromatic carbocycles. The Labute approximate surface area is 245 Å². The van der Waals surface area contributed by atoms with Crippen LogP contribution in [-0.4, -0.2) is 96.6 Å². The van der Waals surface area contributed by atoms with Crippen LogP contribution >= 0.6 is 11.3 Å². The minimum atomic E-state index is -0.0706. The van der Waals surface area contributed by atoms with Crippen molar-refractivity contribution in [3.05, 3.63) is 42.2 Å². The van der Waals surface area contributed by atoms with Gasteiger partial charge < -0.3 is 19.3 Å². The summed E-state index contributed by atoms with van der Waals surface area (Å²) < 4.78 is 12.0. The molecular weight excluding hydrogens is 536 g/mol. The molecule has 0 atom stereocenters. The summed E-state index contributed by atoms with van der Waals surface area (Å²) >= 11 is 1.85. The summed E-state index contributed by atoms with van der Waals surface area (Å²) in [5.41, 5.74) is 3.41. The van der Waals surface area contributed by atoms with Crippen LogP contribution in [0.3, 0.4) is 0 Å². The Morgan fingerprint density at radius 2 is 1.85 bits per heavy atom. The van der Waals surface area contributed by atoms with Gasteiger partial charge in [0.1, 0.15) is 5.82 Å². The smallest absolute Gasteiger partial charge is 0.305 e.